The maximum absolute atomic E-state index is 10.8. The van der Waals surface area contributed by atoms with Crippen LogP contribution in [0.4, 0.5) is 0 Å². The molecule has 0 radical (unpaired) electrons. The summed E-state index contributed by atoms with van der Waals surface area (Å²) in [7, 11) is 0. The standard InChI is InChI=1S/C20H32O2/c1-14(13-18(21)22)9-11-19(4)16(3)10-12-20(5)15(2)7-6-8-17(19)20/h7,13,16-17H,6,8-12H2,1-5H3,(H,21,22)/t16?,17?,19-,20-/m0/s1. The Balaban J connectivity index is 2.22. The van der Waals surface area contributed by atoms with Crippen molar-refractivity contribution in [3.63, 3.8) is 0 Å². The lowest BCUT2D eigenvalue weighted by atomic mass is 9.47. The molecule has 0 heterocycles. The summed E-state index contributed by atoms with van der Waals surface area (Å²) in [6.45, 7) is 11.6. The lowest BCUT2D eigenvalue weighted by molar-refractivity contribution is -0.131. The summed E-state index contributed by atoms with van der Waals surface area (Å²) in [4.78, 5) is 10.8. The van der Waals surface area contributed by atoms with Crippen LogP contribution in [0, 0.1) is 22.7 Å². The Kier molecular flexibility index (Phi) is 4.89. The second kappa shape index (κ2) is 6.22. The third-order valence-corrected chi connectivity index (χ3v) is 7.02. The first kappa shape index (κ1) is 17.3. The highest BCUT2D eigenvalue weighted by atomic mass is 16.4. The van der Waals surface area contributed by atoms with E-state index < -0.39 is 5.97 Å². The van der Waals surface area contributed by atoms with Gasteiger partial charge in [-0.3, -0.25) is 0 Å². The van der Waals surface area contributed by atoms with Gasteiger partial charge in [-0.1, -0.05) is 38.0 Å². The van der Waals surface area contributed by atoms with Crippen LogP contribution in [0.15, 0.2) is 23.3 Å². The van der Waals surface area contributed by atoms with Crippen LogP contribution < -0.4 is 0 Å². The lowest BCUT2D eigenvalue weighted by Gasteiger charge is -2.58. The van der Waals surface area contributed by atoms with Gasteiger partial charge in [0.25, 0.3) is 0 Å². The number of carbonyl (C=O) groups is 1. The number of allylic oxidation sites excluding steroid dienone is 3. The van der Waals surface area contributed by atoms with Gasteiger partial charge in [0.1, 0.15) is 0 Å². The molecule has 2 aliphatic carbocycles. The van der Waals surface area contributed by atoms with E-state index in [1.165, 1.54) is 31.8 Å². The molecule has 2 unspecified atom stereocenters. The molecule has 0 aromatic rings. The summed E-state index contributed by atoms with van der Waals surface area (Å²) < 4.78 is 0. The minimum Gasteiger partial charge on any atom is -0.478 e. The van der Waals surface area contributed by atoms with Crippen molar-refractivity contribution in [2.75, 3.05) is 0 Å². The van der Waals surface area contributed by atoms with Crippen molar-refractivity contribution in [1.82, 2.24) is 0 Å². The van der Waals surface area contributed by atoms with Crippen LogP contribution in [0.3, 0.4) is 0 Å². The molecule has 0 bridgehead atoms. The monoisotopic (exact) mass is 304 g/mol. The number of hydrogen-bond donors (Lipinski definition) is 1. The summed E-state index contributed by atoms with van der Waals surface area (Å²) in [5.41, 5.74) is 3.25. The summed E-state index contributed by atoms with van der Waals surface area (Å²) >= 11 is 0. The molecule has 0 saturated heterocycles. The average molecular weight is 304 g/mol. The highest BCUT2D eigenvalue weighted by molar-refractivity contribution is 5.80. The molecule has 2 heteroatoms. The molecule has 0 aromatic heterocycles. The van der Waals surface area contributed by atoms with Crippen LogP contribution in [0.25, 0.3) is 0 Å². The topological polar surface area (TPSA) is 37.3 Å². The Bertz CT molecular complexity index is 502. The Morgan fingerprint density at radius 3 is 2.73 bits per heavy atom. The highest BCUT2D eigenvalue weighted by Crippen LogP contribution is 2.61. The molecule has 1 saturated carbocycles. The molecule has 1 fully saturated rings. The molecule has 1 N–H and O–H groups in total. The summed E-state index contributed by atoms with van der Waals surface area (Å²) in [6.07, 6.45) is 10.9. The van der Waals surface area contributed by atoms with Crippen molar-refractivity contribution < 1.29 is 9.90 Å². The molecule has 2 rings (SSSR count). The zero-order chi connectivity index (χ0) is 16.5. The van der Waals surface area contributed by atoms with Crippen LogP contribution in [0.2, 0.25) is 0 Å². The summed E-state index contributed by atoms with van der Waals surface area (Å²) in [5, 5.41) is 8.92. The second-order valence-electron chi connectivity index (χ2n) is 8.21. The lowest BCUT2D eigenvalue weighted by Crippen LogP contribution is -2.49. The van der Waals surface area contributed by atoms with Crippen LogP contribution in [0.5, 0.6) is 0 Å². The van der Waals surface area contributed by atoms with E-state index >= 15 is 0 Å². The van der Waals surface area contributed by atoms with E-state index in [9.17, 15) is 4.79 Å². The van der Waals surface area contributed by atoms with E-state index in [1.54, 1.807) is 5.57 Å². The van der Waals surface area contributed by atoms with Gasteiger partial charge in [-0.15, -0.1) is 0 Å². The first-order valence-corrected chi connectivity index (χ1v) is 8.77. The number of hydrogen-bond acceptors (Lipinski definition) is 1. The van der Waals surface area contributed by atoms with E-state index in [-0.39, 0.29) is 0 Å². The third-order valence-electron chi connectivity index (χ3n) is 7.02. The van der Waals surface area contributed by atoms with Crippen LogP contribution in [-0.4, -0.2) is 11.1 Å². The number of rotatable bonds is 4. The van der Waals surface area contributed by atoms with Crippen molar-refractivity contribution in [1.29, 1.82) is 0 Å². The van der Waals surface area contributed by atoms with Gasteiger partial charge in [-0.25, -0.2) is 4.79 Å². The fourth-order valence-corrected chi connectivity index (χ4v) is 5.08. The van der Waals surface area contributed by atoms with Crippen molar-refractivity contribution in [3.05, 3.63) is 23.3 Å². The molecule has 124 valence electrons. The summed E-state index contributed by atoms with van der Waals surface area (Å²) in [5.74, 6) is 0.626. The van der Waals surface area contributed by atoms with Crippen molar-refractivity contribution >= 4 is 5.97 Å². The van der Waals surface area contributed by atoms with Crippen LogP contribution in [0.1, 0.15) is 73.1 Å². The Morgan fingerprint density at radius 2 is 2.09 bits per heavy atom. The molecule has 0 spiro atoms. The SMILES string of the molecule is CC(=CC(=O)O)CC[C@@]1(C)C(C)CC[C@@]2(C)C(C)=CCCC12. The van der Waals surface area contributed by atoms with Crippen molar-refractivity contribution in [2.24, 2.45) is 22.7 Å². The molecule has 2 nitrogen and oxygen atoms in total. The zero-order valence-corrected chi connectivity index (χ0v) is 14.9. The van der Waals surface area contributed by atoms with Gasteiger partial charge in [0, 0.05) is 6.08 Å². The minimum atomic E-state index is -0.819. The van der Waals surface area contributed by atoms with Crippen LogP contribution in [-0.2, 0) is 4.79 Å². The molecular weight excluding hydrogens is 272 g/mol. The Hall–Kier alpha value is -1.05. The van der Waals surface area contributed by atoms with E-state index in [0.29, 0.717) is 16.7 Å². The van der Waals surface area contributed by atoms with Crippen LogP contribution >= 0.6 is 0 Å². The average Bonchev–Trinajstić information content (AvgIpc) is 2.43. The smallest absolute Gasteiger partial charge is 0.328 e. The number of aliphatic carboxylic acids is 1. The van der Waals surface area contributed by atoms with Gasteiger partial charge in [0.2, 0.25) is 0 Å². The summed E-state index contributed by atoms with van der Waals surface area (Å²) in [6, 6.07) is 0. The maximum Gasteiger partial charge on any atom is 0.328 e. The van der Waals surface area contributed by atoms with Crippen molar-refractivity contribution in [3.8, 4) is 0 Å². The maximum atomic E-state index is 10.8. The Morgan fingerprint density at radius 1 is 1.41 bits per heavy atom. The number of carboxylic acid groups (broad SMARTS) is 1. The predicted molar refractivity (Wildman–Crippen MR) is 91.7 cm³/mol. The molecule has 22 heavy (non-hydrogen) atoms. The van der Waals surface area contributed by atoms with E-state index in [1.807, 2.05) is 6.92 Å². The van der Waals surface area contributed by atoms with Gasteiger partial charge in [0.05, 0.1) is 0 Å². The molecule has 2 aliphatic rings. The Labute approximate surface area is 135 Å². The molecule has 4 atom stereocenters. The van der Waals surface area contributed by atoms with E-state index in [2.05, 4.69) is 33.8 Å². The van der Waals surface area contributed by atoms with Gasteiger partial charge in [-0.05, 0) is 75.0 Å². The third kappa shape index (κ3) is 3.02. The molecule has 0 aromatic carbocycles. The molecule has 0 amide bonds. The van der Waals surface area contributed by atoms with E-state index in [0.717, 1.165) is 24.3 Å². The first-order chi connectivity index (χ1) is 10.2. The number of carboxylic acids is 1. The predicted octanol–water partition coefficient (Wildman–Crippen LogP) is 5.60. The van der Waals surface area contributed by atoms with Gasteiger partial charge >= 0.3 is 5.97 Å². The highest BCUT2D eigenvalue weighted by Gasteiger charge is 2.52. The normalized spacial score (nSPS) is 39.1. The largest absolute Gasteiger partial charge is 0.478 e. The van der Waals surface area contributed by atoms with E-state index in [4.69, 9.17) is 5.11 Å². The van der Waals surface area contributed by atoms with Gasteiger partial charge in [0.15, 0.2) is 0 Å². The minimum absolute atomic E-state index is 0.316. The fourth-order valence-electron chi connectivity index (χ4n) is 5.08. The van der Waals surface area contributed by atoms with Gasteiger partial charge < -0.3 is 5.11 Å². The molecule has 0 aliphatic heterocycles. The number of fused-ring (bicyclic) bond motifs is 1. The fraction of sp³-hybridized carbons (Fsp3) is 0.750. The van der Waals surface area contributed by atoms with Gasteiger partial charge in [-0.2, -0.15) is 0 Å². The quantitative estimate of drug-likeness (QED) is 0.542. The molecular formula is C20H32O2. The van der Waals surface area contributed by atoms with Crippen molar-refractivity contribution in [2.45, 2.75) is 73.1 Å². The zero-order valence-electron chi connectivity index (χ0n) is 14.9. The second-order valence-corrected chi connectivity index (χ2v) is 8.21. The first-order valence-electron chi connectivity index (χ1n) is 8.77.